The minimum atomic E-state index is -0.988. The highest BCUT2D eigenvalue weighted by atomic mass is 16.4. The summed E-state index contributed by atoms with van der Waals surface area (Å²) in [5, 5.41) is 32.4. The summed E-state index contributed by atoms with van der Waals surface area (Å²) in [4.78, 5) is 12.8. The highest BCUT2D eigenvalue weighted by Gasteiger charge is 2.49. The van der Waals surface area contributed by atoms with Gasteiger partial charge in [-0.3, -0.25) is 0 Å². The van der Waals surface area contributed by atoms with Crippen LogP contribution in [-0.4, -0.2) is 21.3 Å². The molecule has 0 aliphatic heterocycles. The molecule has 4 aromatic rings. The van der Waals surface area contributed by atoms with Gasteiger partial charge in [-0.25, -0.2) is 4.79 Å². The number of carboxylic acid groups (broad SMARTS) is 1. The van der Waals surface area contributed by atoms with Crippen LogP contribution in [0, 0.1) is 13.8 Å². The van der Waals surface area contributed by atoms with Crippen LogP contribution in [-0.2, 0) is 5.41 Å². The van der Waals surface area contributed by atoms with E-state index in [1.807, 2.05) is 84.0 Å². The number of carboxylic acids is 1. The van der Waals surface area contributed by atoms with Gasteiger partial charge in [0.1, 0.15) is 11.5 Å². The average molecular weight is 507 g/mol. The van der Waals surface area contributed by atoms with Gasteiger partial charge >= 0.3 is 5.97 Å². The summed E-state index contributed by atoms with van der Waals surface area (Å²) < 4.78 is 0. The quantitative estimate of drug-likeness (QED) is 0.225. The first-order chi connectivity index (χ1) is 18.0. The second kappa shape index (κ2) is 9.05. The molecule has 0 fully saturated rings. The molecule has 0 amide bonds. The number of hydrogen-bond donors (Lipinski definition) is 3. The van der Waals surface area contributed by atoms with Crippen LogP contribution in [0.15, 0.2) is 66.7 Å². The van der Waals surface area contributed by atoms with Crippen LogP contribution in [0.4, 0.5) is 0 Å². The van der Waals surface area contributed by atoms with Gasteiger partial charge in [0.15, 0.2) is 0 Å². The number of carbonyl (C=O) groups is 1. The van der Waals surface area contributed by atoms with E-state index in [4.69, 9.17) is 0 Å². The molecule has 3 N–H and O–H groups in total. The molecule has 4 aromatic carbocycles. The van der Waals surface area contributed by atoms with Crippen LogP contribution in [0.3, 0.4) is 0 Å². The van der Waals surface area contributed by atoms with Gasteiger partial charge in [0.25, 0.3) is 0 Å². The minimum Gasteiger partial charge on any atom is -0.507 e. The van der Waals surface area contributed by atoms with Crippen molar-refractivity contribution in [2.24, 2.45) is 0 Å². The second-order valence-electron chi connectivity index (χ2n) is 11.1. The maximum Gasteiger partial charge on any atom is 0.336 e. The summed E-state index contributed by atoms with van der Waals surface area (Å²) in [5.41, 5.74) is 7.76. The Morgan fingerprint density at radius 2 is 1.21 bits per heavy atom. The molecular formula is C34H34O4. The molecule has 0 aromatic heterocycles. The topological polar surface area (TPSA) is 77.8 Å². The van der Waals surface area contributed by atoms with Crippen molar-refractivity contribution >= 4 is 5.97 Å². The molecule has 0 radical (unpaired) electrons. The number of aromatic hydroxyl groups is 2. The number of rotatable bonds is 5. The maximum absolute atomic E-state index is 12.8. The van der Waals surface area contributed by atoms with Crippen LogP contribution in [0.5, 0.6) is 11.5 Å². The molecule has 0 spiro atoms. The zero-order chi connectivity index (χ0) is 27.5. The fraction of sp³-hybridized carbons (Fsp3) is 0.265. The third-order valence-electron chi connectivity index (χ3n) is 8.06. The summed E-state index contributed by atoms with van der Waals surface area (Å²) in [6, 6.07) is 21.6. The molecule has 5 rings (SSSR count). The van der Waals surface area contributed by atoms with E-state index in [9.17, 15) is 20.1 Å². The molecule has 0 saturated carbocycles. The fourth-order valence-corrected chi connectivity index (χ4v) is 6.23. The second-order valence-corrected chi connectivity index (χ2v) is 11.1. The van der Waals surface area contributed by atoms with Gasteiger partial charge in [-0.1, -0.05) is 88.4 Å². The maximum atomic E-state index is 12.8. The molecule has 0 unspecified atom stereocenters. The highest BCUT2D eigenvalue weighted by molar-refractivity contribution is 5.98. The fourth-order valence-electron chi connectivity index (χ4n) is 6.23. The van der Waals surface area contributed by atoms with Gasteiger partial charge in [0, 0.05) is 0 Å². The molecule has 4 heteroatoms. The van der Waals surface area contributed by atoms with Gasteiger partial charge in [-0.15, -0.1) is 0 Å². The molecule has 0 atom stereocenters. The van der Waals surface area contributed by atoms with Crippen molar-refractivity contribution in [1.29, 1.82) is 0 Å². The van der Waals surface area contributed by atoms with Crippen molar-refractivity contribution in [1.82, 2.24) is 0 Å². The smallest absolute Gasteiger partial charge is 0.336 e. The van der Waals surface area contributed by atoms with E-state index in [-0.39, 0.29) is 28.9 Å². The number of hydrogen-bond acceptors (Lipinski definition) is 3. The van der Waals surface area contributed by atoms with E-state index in [2.05, 4.69) is 12.1 Å². The number of phenols is 2. The number of aryl methyl sites for hydroxylation is 2. The first kappa shape index (κ1) is 25.6. The van der Waals surface area contributed by atoms with Crippen LogP contribution in [0.1, 0.15) is 94.4 Å². The standard InChI is InChI=1S/C34H34O4/c1-18(2)27-16-22(14-20(5)31(27)35)34(23-15-21(6)32(36)28(17-23)19(3)4)29-13-8-7-10-24(29)25-11-9-12-26(30(25)34)33(37)38/h7-19,35-36H,1-6H3,(H,37,38). The zero-order valence-electron chi connectivity index (χ0n) is 22.8. The first-order valence-electron chi connectivity index (χ1n) is 13.1. The van der Waals surface area contributed by atoms with Crippen LogP contribution in [0.2, 0.25) is 0 Å². The molecule has 0 saturated heterocycles. The molecule has 0 bridgehead atoms. The number of benzene rings is 4. The van der Waals surface area contributed by atoms with Gasteiger partial charge in [-0.2, -0.15) is 0 Å². The summed E-state index contributed by atoms with van der Waals surface area (Å²) in [6.07, 6.45) is 0. The first-order valence-corrected chi connectivity index (χ1v) is 13.1. The van der Waals surface area contributed by atoms with Crippen LogP contribution in [0.25, 0.3) is 11.1 Å². The largest absolute Gasteiger partial charge is 0.507 e. The monoisotopic (exact) mass is 506 g/mol. The molecule has 0 heterocycles. The lowest BCUT2D eigenvalue weighted by Crippen LogP contribution is -2.31. The Labute approximate surface area is 224 Å². The van der Waals surface area contributed by atoms with Crippen molar-refractivity contribution in [3.05, 3.63) is 117 Å². The molecule has 38 heavy (non-hydrogen) atoms. The molecule has 4 nitrogen and oxygen atoms in total. The zero-order valence-corrected chi connectivity index (χ0v) is 22.8. The molecule has 194 valence electrons. The van der Waals surface area contributed by atoms with Crippen molar-refractivity contribution in [3.8, 4) is 22.6 Å². The Hall–Kier alpha value is -4.05. The van der Waals surface area contributed by atoms with Crippen molar-refractivity contribution < 1.29 is 20.1 Å². The van der Waals surface area contributed by atoms with E-state index >= 15 is 0 Å². The predicted molar refractivity (Wildman–Crippen MR) is 152 cm³/mol. The lowest BCUT2D eigenvalue weighted by Gasteiger charge is -2.36. The molecule has 1 aliphatic carbocycles. The Morgan fingerprint density at radius 1 is 0.711 bits per heavy atom. The Balaban J connectivity index is 2.07. The highest BCUT2D eigenvalue weighted by Crippen LogP contribution is 2.58. The number of aromatic carboxylic acids is 1. The van der Waals surface area contributed by atoms with E-state index < -0.39 is 11.4 Å². The summed E-state index contributed by atoms with van der Waals surface area (Å²) >= 11 is 0. The van der Waals surface area contributed by atoms with Crippen LogP contribution >= 0.6 is 0 Å². The summed E-state index contributed by atoms with van der Waals surface area (Å²) in [6.45, 7) is 12.0. The Morgan fingerprint density at radius 3 is 1.71 bits per heavy atom. The Kier molecular flexibility index (Phi) is 6.10. The van der Waals surface area contributed by atoms with Gasteiger partial charge in [-0.05, 0) is 87.4 Å². The van der Waals surface area contributed by atoms with Crippen molar-refractivity contribution in [2.75, 3.05) is 0 Å². The summed E-state index contributed by atoms with van der Waals surface area (Å²) in [5.74, 6) is -0.338. The van der Waals surface area contributed by atoms with E-state index in [0.717, 1.165) is 50.1 Å². The van der Waals surface area contributed by atoms with Gasteiger partial charge in [0.2, 0.25) is 0 Å². The minimum absolute atomic E-state index is 0.0595. The lowest BCUT2D eigenvalue weighted by atomic mass is 9.65. The molecular weight excluding hydrogens is 472 g/mol. The van der Waals surface area contributed by atoms with Crippen LogP contribution < -0.4 is 0 Å². The third-order valence-corrected chi connectivity index (χ3v) is 8.06. The third kappa shape index (κ3) is 3.54. The predicted octanol–water partition coefficient (Wildman–Crippen LogP) is 8.02. The number of phenolic OH excluding ortho intramolecular Hbond substituents is 2. The van der Waals surface area contributed by atoms with Crippen molar-refractivity contribution in [2.45, 2.75) is 58.8 Å². The summed E-state index contributed by atoms with van der Waals surface area (Å²) in [7, 11) is 0. The SMILES string of the molecule is Cc1cc(C2(c3cc(C)c(O)c(C(C)C)c3)c3ccccc3-c3cccc(C(=O)O)c32)cc(C(C)C)c1O. The Bertz CT molecular complexity index is 1530. The lowest BCUT2D eigenvalue weighted by molar-refractivity contribution is 0.0695. The van der Waals surface area contributed by atoms with Gasteiger partial charge in [0.05, 0.1) is 11.0 Å². The normalized spacial score (nSPS) is 13.6. The van der Waals surface area contributed by atoms with Crippen molar-refractivity contribution in [3.63, 3.8) is 0 Å². The van der Waals surface area contributed by atoms with E-state index in [0.29, 0.717) is 5.56 Å². The van der Waals surface area contributed by atoms with E-state index in [1.165, 1.54) is 0 Å². The number of fused-ring (bicyclic) bond motifs is 3. The molecule has 1 aliphatic rings. The average Bonchev–Trinajstić information content (AvgIpc) is 3.18. The van der Waals surface area contributed by atoms with Gasteiger partial charge < -0.3 is 15.3 Å². The van der Waals surface area contributed by atoms with E-state index in [1.54, 1.807) is 12.1 Å².